The van der Waals surface area contributed by atoms with E-state index in [1.54, 1.807) is 24.4 Å². The fourth-order valence-electron chi connectivity index (χ4n) is 6.79. The fourth-order valence-corrected chi connectivity index (χ4v) is 6.79. The largest absolute Gasteiger partial charge is 0.378 e. The number of nitrogens with zero attached hydrogens (tertiary/aromatic N) is 4. The van der Waals surface area contributed by atoms with Gasteiger partial charge in [-0.3, -0.25) is 0 Å². The normalized spacial score (nSPS) is 25.9. The molecule has 41 heavy (non-hydrogen) atoms. The summed E-state index contributed by atoms with van der Waals surface area (Å²) in [5.74, 6) is -3.45. The lowest BCUT2D eigenvalue weighted by atomic mass is 9.85. The summed E-state index contributed by atoms with van der Waals surface area (Å²) in [5.41, 5.74) is 5.19. The van der Waals surface area contributed by atoms with E-state index in [0.717, 1.165) is 87.4 Å². The van der Waals surface area contributed by atoms with Gasteiger partial charge >= 0.3 is 0 Å². The minimum atomic E-state index is -2.84. The van der Waals surface area contributed by atoms with Crippen molar-refractivity contribution in [1.82, 2.24) is 15.1 Å². The second-order valence-corrected chi connectivity index (χ2v) is 12.1. The average molecular weight is 564 g/mol. The highest BCUT2D eigenvalue weighted by Gasteiger charge is 2.42. The zero-order valence-corrected chi connectivity index (χ0v) is 24.3. The molecule has 0 spiro atoms. The third kappa shape index (κ3) is 6.33. The molecule has 2 fully saturated rings. The van der Waals surface area contributed by atoms with E-state index in [1.807, 2.05) is 13.0 Å². The predicted molar refractivity (Wildman–Crippen MR) is 161 cm³/mol. The van der Waals surface area contributed by atoms with Crippen LogP contribution in [0.2, 0.25) is 0 Å². The predicted octanol–water partition coefficient (Wildman–Crippen LogP) is 6.95. The Morgan fingerprint density at radius 2 is 1.71 bits per heavy atom. The zero-order valence-electron chi connectivity index (χ0n) is 24.3. The van der Waals surface area contributed by atoms with Crippen LogP contribution in [0.4, 0.5) is 20.2 Å². The molecule has 7 rings (SSSR count). The summed E-state index contributed by atoms with van der Waals surface area (Å²) in [4.78, 5) is 4.77. The summed E-state index contributed by atoms with van der Waals surface area (Å²) in [7, 11) is 0. The molecule has 3 aromatic rings. The summed E-state index contributed by atoms with van der Waals surface area (Å²) in [5, 5.41) is 13.6. The second kappa shape index (κ2) is 12.6. The van der Waals surface area contributed by atoms with Gasteiger partial charge in [-0.05, 0) is 88.0 Å². The van der Waals surface area contributed by atoms with Crippen molar-refractivity contribution < 1.29 is 13.5 Å². The first-order valence-electron chi connectivity index (χ1n) is 15.6. The summed E-state index contributed by atoms with van der Waals surface area (Å²) >= 11 is 0. The Hall–Kier alpha value is -2.84. The molecule has 1 atom stereocenters. The molecule has 0 radical (unpaired) electrons. The van der Waals surface area contributed by atoms with Crippen molar-refractivity contribution in [2.75, 3.05) is 56.2 Å². The molecule has 1 aromatic heterocycles. The van der Waals surface area contributed by atoms with E-state index >= 15 is 8.78 Å². The van der Waals surface area contributed by atoms with Crippen LogP contribution in [0.3, 0.4) is 0 Å². The quantitative estimate of drug-likeness (QED) is 0.346. The Kier molecular flexibility index (Phi) is 8.68. The first-order chi connectivity index (χ1) is 20.0. The number of hydrogen-bond donors (Lipinski definition) is 1. The number of aryl methyl sites for hydroxylation is 1. The number of halogens is 2. The van der Waals surface area contributed by atoms with E-state index in [1.165, 1.54) is 30.5 Å². The Morgan fingerprint density at radius 3 is 2.54 bits per heavy atom. The molecule has 2 saturated heterocycles. The Bertz CT molecular complexity index is 1320. The second-order valence-electron chi connectivity index (χ2n) is 12.1. The number of anilines is 2. The number of piperidine rings is 1. The molecule has 220 valence electrons. The maximum atomic E-state index is 15.8. The SMILES string of the molecule is C[C@H]1Nc2cnnc3c(cc(N4CCOCC4)cc23)CCCCCCCN2CCC(CC2)C(F)(F)c2cccc1c2. The molecule has 4 aliphatic heterocycles. The zero-order chi connectivity index (χ0) is 28.2. The first kappa shape index (κ1) is 28.3. The molecule has 0 aliphatic carbocycles. The van der Waals surface area contributed by atoms with E-state index in [0.29, 0.717) is 12.8 Å². The molecule has 6 nitrogen and oxygen atoms in total. The van der Waals surface area contributed by atoms with Crippen LogP contribution in [-0.4, -0.2) is 61.0 Å². The van der Waals surface area contributed by atoms with E-state index in [-0.39, 0.29) is 11.6 Å². The molecule has 0 saturated carbocycles. The molecule has 0 unspecified atom stereocenters. The number of rotatable bonds is 1. The van der Waals surface area contributed by atoms with Gasteiger partial charge in [-0.25, -0.2) is 8.78 Å². The van der Waals surface area contributed by atoms with E-state index in [9.17, 15) is 0 Å². The van der Waals surface area contributed by atoms with Crippen LogP contribution in [0.1, 0.15) is 74.6 Å². The molecule has 2 aromatic carbocycles. The topological polar surface area (TPSA) is 53.5 Å². The lowest BCUT2D eigenvalue weighted by Crippen LogP contribution is -2.40. The lowest BCUT2D eigenvalue weighted by Gasteiger charge is -2.36. The van der Waals surface area contributed by atoms with Crippen LogP contribution in [0, 0.1) is 5.92 Å². The monoisotopic (exact) mass is 563 g/mol. The highest BCUT2D eigenvalue weighted by molar-refractivity contribution is 5.95. The standard InChI is InChI=1S/C33H43F2N5O/c1-24-25-9-7-10-28(20-25)33(34,35)27-11-14-39(15-12-27)13-6-4-2-3-5-8-26-21-29(40-16-18-41-19-17-40)22-30-31(37-24)23-36-38-32(26)30/h7,9-10,20-24,27,37H,2-6,8,11-19H2,1H3/t24-/m1/s1. The van der Waals surface area contributed by atoms with Gasteiger partial charge in [-0.15, -0.1) is 0 Å². The number of morpholine rings is 1. The number of fused-ring (bicyclic) bond motifs is 9. The highest BCUT2D eigenvalue weighted by atomic mass is 19.3. The van der Waals surface area contributed by atoms with Crippen LogP contribution >= 0.6 is 0 Å². The minimum absolute atomic E-state index is 0.127. The summed E-state index contributed by atoms with van der Waals surface area (Å²) < 4.78 is 37.2. The van der Waals surface area contributed by atoms with Crippen molar-refractivity contribution in [3.8, 4) is 0 Å². The van der Waals surface area contributed by atoms with Gasteiger partial charge in [0.15, 0.2) is 0 Å². The Balaban J connectivity index is 1.35. The number of aromatic nitrogens is 2. The van der Waals surface area contributed by atoms with Gasteiger partial charge in [-0.2, -0.15) is 10.2 Å². The smallest absolute Gasteiger partial charge is 0.276 e. The third-order valence-corrected chi connectivity index (χ3v) is 9.35. The van der Waals surface area contributed by atoms with Crippen molar-refractivity contribution in [1.29, 1.82) is 0 Å². The van der Waals surface area contributed by atoms with Gasteiger partial charge in [0.1, 0.15) is 0 Å². The number of benzene rings is 2. The van der Waals surface area contributed by atoms with Gasteiger partial charge in [-0.1, -0.05) is 37.5 Å². The molecule has 8 bridgehead atoms. The van der Waals surface area contributed by atoms with E-state index in [2.05, 4.69) is 37.4 Å². The average Bonchev–Trinajstić information content (AvgIpc) is 3.01. The molecule has 0 amide bonds. The van der Waals surface area contributed by atoms with Gasteiger partial charge < -0.3 is 19.9 Å². The molecular weight excluding hydrogens is 520 g/mol. The van der Waals surface area contributed by atoms with Gasteiger partial charge in [0.05, 0.1) is 30.6 Å². The van der Waals surface area contributed by atoms with Crippen LogP contribution < -0.4 is 10.2 Å². The van der Waals surface area contributed by atoms with Crippen LogP contribution in [0.15, 0.2) is 42.6 Å². The molecule has 5 heterocycles. The Labute approximate surface area is 242 Å². The first-order valence-corrected chi connectivity index (χ1v) is 15.6. The molecule has 4 aliphatic rings. The summed E-state index contributed by atoms with van der Waals surface area (Å²) in [6, 6.07) is 11.3. The fraction of sp³-hybridized carbons (Fsp3) is 0.576. The minimum Gasteiger partial charge on any atom is -0.378 e. The molecule has 1 N–H and O–H groups in total. The van der Waals surface area contributed by atoms with E-state index in [4.69, 9.17) is 4.74 Å². The Morgan fingerprint density at radius 1 is 0.927 bits per heavy atom. The van der Waals surface area contributed by atoms with Gasteiger partial charge in [0, 0.05) is 41.7 Å². The maximum Gasteiger partial charge on any atom is 0.276 e. The highest BCUT2D eigenvalue weighted by Crippen LogP contribution is 2.42. The number of ether oxygens (including phenoxy) is 1. The van der Waals surface area contributed by atoms with Crippen molar-refractivity contribution in [3.05, 3.63) is 59.3 Å². The van der Waals surface area contributed by atoms with E-state index < -0.39 is 11.8 Å². The summed E-state index contributed by atoms with van der Waals surface area (Å²) in [6.45, 7) is 7.76. The van der Waals surface area contributed by atoms with Crippen molar-refractivity contribution in [2.24, 2.45) is 5.92 Å². The van der Waals surface area contributed by atoms with Crippen LogP contribution in [0.25, 0.3) is 10.9 Å². The lowest BCUT2D eigenvalue weighted by molar-refractivity contribution is -0.0855. The maximum absolute atomic E-state index is 15.8. The van der Waals surface area contributed by atoms with Crippen LogP contribution in [-0.2, 0) is 17.1 Å². The van der Waals surface area contributed by atoms with Gasteiger partial charge in [0.25, 0.3) is 5.92 Å². The van der Waals surface area contributed by atoms with Crippen molar-refractivity contribution in [3.63, 3.8) is 0 Å². The summed E-state index contributed by atoms with van der Waals surface area (Å²) in [6.07, 6.45) is 9.64. The number of nitrogens with one attached hydrogen (secondary N) is 1. The number of alkyl halides is 2. The van der Waals surface area contributed by atoms with Crippen molar-refractivity contribution >= 4 is 22.3 Å². The number of hydrogen-bond acceptors (Lipinski definition) is 6. The molecule has 8 heteroatoms. The third-order valence-electron chi connectivity index (χ3n) is 9.35. The molecular formula is C33H43F2N5O. The van der Waals surface area contributed by atoms with Crippen molar-refractivity contribution in [2.45, 2.75) is 70.3 Å². The van der Waals surface area contributed by atoms with Crippen LogP contribution in [0.5, 0.6) is 0 Å². The van der Waals surface area contributed by atoms with Gasteiger partial charge in [0.2, 0.25) is 0 Å².